The van der Waals surface area contributed by atoms with Crippen LogP contribution in [0.2, 0.25) is 0 Å². The van der Waals surface area contributed by atoms with E-state index < -0.39 is 10.0 Å². The number of likely N-dealkylation sites (N-methyl/N-ethyl adjacent to an activating group) is 1. The molecule has 2 aromatic rings. The van der Waals surface area contributed by atoms with Gasteiger partial charge in [0, 0.05) is 13.6 Å². The van der Waals surface area contributed by atoms with Gasteiger partial charge in [-0.2, -0.15) is 4.31 Å². The predicted octanol–water partition coefficient (Wildman–Crippen LogP) is 1.24. The fraction of sp³-hybridized carbons (Fsp3) is 0.435. The molecule has 0 aromatic heterocycles. The minimum absolute atomic E-state index is 0.0829. The highest BCUT2D eigenvalue weighted by Crippen LogP contribution is 2.21. The maximum Gasteiger partial charge on any atom is 0.280 e. The van der Waals surface area contributed by atoms with Gasteiger partial charge in [-0.05, 0) is 38.0 Å². The van der Waals surface area contributed by atoms with E-state index in [1.807, 2.05) is 70.3 Å². The van der Waals surface area contributed by atoms with Crippen molar-refractivity contribution in [2.45, 2.75) is 38.3 Å². The van der Waals surface area contributed by atoms with Crippen LogP contribution < -0.4 is 4.90 Å². The normalized spacial score (nSPS) is 16.9. The Kier molecular flexibility index (Phi) is 6.95. The Morgan fingerprint density at radius 3 is 2.33 bits per heavy atom. The molecule has 1 aliphatic heterocycles. The highest BCUT2D eigenvalue weighted by molar-refractivity contribution is 7.89. The molecule has 1 saturated heterocycles. The van der Waals surface area contributed by atoms with E-state index in [1.54, 1.807) is 15.3 Å². The van der Waals surface area contributed by atoms with Gasteiger partial charge in [0.2, 0.25) is 10.0 Å². The number of nitrogens with one attached hydrogen (secondary N) is 1. The monoisotopic (exact) mass is 430 g/mol. The first-order valence-electron chi connectivity index (χ1n) is 10.4. The molecule has 1 N–H and O–H groups in total. The van der Waals surface area contributed by atoms with Gasteiger partial charge in [0.1, 0.15) is 0 Å². The average Bonchev–Trinajstić information content (AvgIpc) is 2.73. The number of sulfonamides is 1. The number of amides is 1. The first-order valence-corrected chi connectivity index (χ1v) is 11.8. The summed E-state index contributed by atoms with van der Waals surface area (Å²) in [7, 11) is -1.69. The second-order valence-electron chi connectivity index (χ2n) is 8.23. The van der Waals surface area contributed by atoms with Gasteiger partial charge in [-0.15, -0.1) is 0 Å². The Morgan fingerprint density at radius 1 is 1.10 bits per heavy atom. The molecule has 2 aromatic carbocycles. The van der Waals surface area contributed by atoms with Crippen LogP contribution in [0.4, 0.5) is 0 Å². The van der Waals surface area contributed by atoms with Crippen LogP contribution in [0.5, 0.6) is 0 Å². The Balaban J connectivity index is 1.61. The summed E-state index contributed by atoms with van der Waals surface area (Å²) in [5.41, 5.74) is 2.92. The number of hydrogen-bond acceptors (Lipinski definition) is 3. The summed E-state index contributed by atoms with van der Waals surface area (Å²) in [6.07, 6.45) is 0. The van der Waals surface area contributed by atoms with Crippen LogP contribution in [-0.4, -0.2) is 62.8 Å². The number of benzene rings is 2. The van der Waals surface area contributed by atoms with Crippen molar-refractivity contribution in [1.29, 1.82) is 0 Å². The van der Waals surface area contributed by atoms with Crippen LogP contribution in [0.1, 0.15) is 23.6 Å². The maximum absolute atomic E-state index is 13.1. The van der Waals surface area contributed by atoms with Gasteiger partial charge in [-0.1, -0.05) is 48.0 Å². The van der Waals surface area contributed by atoms with E-state index in [0.717, 1.165) is 21.6 Å². The molecule has 0 spiro atoms. The SMILES string of the molecule is Cc1ccc(S(=O)(=O)N2CC[NH+]([C@@H](C)C(=O)N(C)Cc3ccccc3)CC2)c(C)c1. The van der Waals surface area contributed by atoms with Crippen molar-refractivity contribution < 1.29 is 18.1 Å². The number of aryl methyl sites for hydroxylation is 2. The van der Waals surface area contributed by atoms with Crippen molar-refractivity contribution in [2.75, 3.05) is 33.2 Å². The van der Waals surface area contributed by atoms with E-state index in [4.69, 9.17) is 0 Å². The lowest BCUT2D eigenvalue weighted by molar-refractivity contribution is -0.918. The molecule has 162 valence electrons. The molecule has 0 bridgehead atoms. The second kappa shape index (κ2) is 9.29. The Bertz CT molecular complexity index is 984. The van der Waals surface area contributed by atoms with E-state index in [9.17, 15) is 13.2 Å². The third-order valence-corrected chi connectivity index (χ3v) is 7.99. The van der Waals surface area contributed by atoms with Crippen LogP contribution in [0, 0.1) is 13.8 Å². The van der Waals surface area contributed by atoms with Crippen molar-refractivity contribution in [2.24, 2.45) is 0 Å². The average molecular weight is 431 g/mol. The zero-order valence-corrected chi connectivity index (χ0v) is 19.1. The Morgan fingerprint density at radius 2 is 1.73 bits per heavy atom. The van der Waals surface area contributed by atoms with Gasteiger partial charge >= 0.3 is 0 Å². The van der Waals surface area contributed by atoms with E-state index in [2.05, 4.69) is 0 Å². The molecule has 0 unspecified atom stereocenters. The molecule has 0 aliphatic carbocycles. The molecule has 1 aliphatic rings. The molecule has 1 heterocycles. The number of rotatable bonds is 6. The summed E-state index contributed by atoms with van der Waals surface area (Å²) in [6, 6.07) is 15.2. The van der Waals surface area contributed by atoms with Gasteiger partial charge in [-0.25, -0.2) is 8.42 Å². The summed E-state index contributed by atoms with van der Waals surface area (Å²) >= 11 is 0. The Labute approximate surface area is 180 Å². The zero-order valence-electron chi connectivity index (χ0n) is 18.3. The van der Waals surface area contributed by atoms with E-state index in [0.29, 0.717) is 37.6 Å². The third kappa shape index (κ3) is 4.91. The third-order valence-electron chi connectivity index (χ3n) is 5.93. The second-order valence-corrected chi connectivity index (χ2v) is 10.1. The van der Waals surface area contributed by atoms with Gasteiger partial charge in [0.05, 0.1) is 31.1 Å². The first-order chi connectivity index (χ1) is 14.2. The molecule has 1 atom stereocenters. The van der Waals surface area contributed by atoms with Crippen molar-refractivity contribution in [1.82, 2.24) is 9.21 Å². The van der Waals surface area contributed by atoms with Crippen molar-refractivity contribution in [3.05, 3.63) is 65.2 Å². The van der Waals surface area contributed by atoms with Crippen LogP contribution in [-0.2, 0) is 21.4 Å². The minimum Gasteiger partial charge on any atom is -0.336 e. The number of piperazine rings is 1. The predicted molar refractivity (Wildman–Crippen MR) is 118 cm³/mol. The standard InChI is InChI=1S/C23H31N3O3S/c1-18-10-11-22(19(2)16-18)30(28,29)26-14-12-25(13-15-26)20(3)23(27)24(4)17-21-8-6-5-7-9-21/h5-11,16,20H,12-15,17H2,1-4H3/p+1/t20-/m0/s1. The molecule has 1 fully saturated rings. The molecular weight excluding hydrogens is 398 g/mol. The summed E-state index contributed by atoms with van der Waals surface area (Å²) in [4.78, 5) is 16.2. The summed E-state index contributed by atoms with van der Waals surface area (Å²) in [6.45, 7) is 8.39. The lowest BCUT2D eigenvalue weighted by Gasteiger charge is -2.35. The number of hydrogen-bond donors (Lipinski definition) is 1. The largest absolute Gasteiger partial charge is 0.336 e. The number of nitrogens with zero attached hydrogens (tertiary/aromatic N) is 2. The van der Waals surface area contributed by atoms with E-state index in [1.165, 1.54) is 0 Å². The van der Waals surface area contributed by atoms with Crippen molar-refractivity contribution in [3.8, 4) is 0 Å². The van der Waals surface area contributed by atoms with E-state index >= 15 is 0 Å². The van der Waals surface area contributed by atoms with Crippen LogP contribution in [0.15, 0.2) is 53.4 Å². The summed E-state index contributed by atoms with van der Waals surface area (Å²) in [5, 5.41) is 0. The lowest BCUT2D eigenvalue weighted by atomic mass is 10.2. The van der Waals surface area contributed by atoms with Gasteiger partial charge in [-0.3, -0.25) is 4.79 Å². The summed E-state index contributed by atoms with van der Waals surface area (Å²) in [5.74, 6) is 0.0829. The fourth-order valence-corrected chi connectivity index (χ4v) is 5.76. The Hall–Kier alpha value is -2.22. The van der Waals surface area contributed by atoms with Crippen molar-refractivity contribution >= 4 is 15.9 Å². The number of carbonyl (C=O) groups is 1. The van der Waals surface area contributed by atoms with Crippen LogP contribution in [0.3, 0.4) is 0 Å². The quantitative estimate of drug-likeness (QED) is 0.750. The minimum atomic E-state index is -3.51. The van der Waals surface area contributed by atoms with E-state index in [-0.39, 0.29) is 11.9 Å². The molecule has 3 rings (SSSR count). The van der Waals surface area contributed by atoms with Gasteiger partial charge in [0.15, 0.2) is 6.04 Å². The molecule has 0 saturated carbocycles. The lowest BCUT2D eigenvalue weighted by Crippen LogP contribution is -3.19. The van der Waals surface area contributed by atoms with Gasteiger partial charge < -0.3 is 9.80 Å². The highest BCUT2D eigenvalue weighted by atomic mass is 32.2. The van der Waals surface area contributed by atoms with Gasteiger partial charge in [0.25, 0.3) is 5.91 Å². The molecule has 6 nitrogen and oxygen atoms in total. The number of quaternary nitrogens is 1. The van der Waals surface area contributed by atoms with Crippen LogP contribution in [0.25, 0.3) is 0 Å². The topological polar surface area (TPSA) is 62.1 Å². The maximum atomic E-state index is 13.1. The molecular formula is C23H32N3O3S+. The number of carbonyl (C=O) groups excluding carboxylic acids is 1. The zero-order chi connectivity index (χ0) is 21.9. The van der Waals surface area contributed by atoms with Crippen molar-refractivity contribution in [3.63, 3.8) is 0 Å². The molecule has 7 heteroatoms. The highest BCUT2D eigenvalue weighted by Gasteiger charge is 2.35. The first kappa shape index (κ1) is 22.5. The molecule has 30 heavy (non-hydrogen) atoms. The van der Waals surface area contributed by atoms with Crippen LogP contribution >= 0.6 is 0 Å². The smallest absolute Gasteiger partial charge is 0.280 e. The molecule has 1 amide bonds. The summed E-state index contributed by atoms with van der Waals surface area (Å²) < 4.78 is 27.7. The fourth-order valence-electron chi connectivity index (χ4n) is 4.12. The molecule has 0 radical (unpaired) electrons.